The van der Waals surface area contributed by atoms with Crippen LogP contribution in [-0.4, -0.2) is 25.5 Å². The number of aryl methyl sites for hydroxylation is 1. The first-order valence-electron chi connectivity index (χ1n) is 11.9. The monoisotopic (exact) mass is 667 g/mol. The summed E-state index contributed by atoms with van der Waals surface area (Å²) in [5, 5.41) is 10.6. The van der Waals surface area contributed by atoms with E-state index in [1.165, 1.54) is 28.8 Å². The van der Waals surface area contributed by atoms with Gasteiger partial charge in [-0.05, 0) is 120 Å². The van der Waals surface area contributed by atoms with Gasteiger partial charge in [-0.25, -0.2) is 0 Å². The minimum absolute atomic E-state index is 0.0693. The van der Waals surface area contributed by atoms with Gasteiger partial charge in [0, 0.05) is 42.6 Å². The Morgan fingerprint density at radius 1 is 0.949 bits per heavy atom. The fourth-order valence-electron chi connectivity index (χ4n) is 4.32. The van der Waals surface area contributed by atoms with E-state index >= 15 is 0 Å². The lowest BCUT2D eigenvalue weighted by molar-refractivity contribution is -0.384. The van der Waals surface area contributed by atoms with Crippen molar-refractivity contribution in [1.82, 2.24) is 9.47 Å². The summed E-state index contributed by atoms with van der Waals surface area (Å²) in [7, 11) is 0. The third-order valence-electron chi connectivity index (χ3n) is 6.26. The van der Waals surface area contributed by atoms with Crippen LogP contribution in [-0.2, 0) is 11.3 Å². The first kappa shape index (κ1) is 27.2. The molecule has 1 aromatic heterocycles. The van der Waals surface area contributed by atoms with Crippen LogP contribution in [0.3, 0.4) is 0 Å². The highest BCUT2D eigenvalue weighted by Gasteiger charge is 2.35. The second kappa shape index (κ2) is 11.4. The summed E-state index contributed by atoms with van der Waals surface area (Å²) >= 11 is 4.72. The molecule has 3 aromatic carbocycles. The molecule has 2 heterocycles. The van der Waals surface area contributed by atoms with Gasteiger partial charge in [-0.3, -0.25) is 24.6 Å². The number of nitro groups is 1. The summed E-state index contributed by atoms with van der Waals surface area (Å²) in [6.07, 6.45) is 1.80. The van der Waals surface area contributed by atoms with Crippen LogP contribution in [0.2, 0.25) is 0 Å². The largest absolute Gasteiger partial charge is 0.318 e. The Kier molecular flexibility index (Phi) is 7.96. The fraction of sp³-hybridized carbons (Fsp3) is 0.103. The second-order valence-electron chi connectivity index (χ2n) is 8.90. The molecule has 0 bridgehead atoms. The average Bonchev–Trinajstić information content (AvgIpc) is 3.34. The number of non-ortho nitro benzene ring substituents is 1. The first-order chi connectivity index (χ1) is 18.7. The third kappa shape index (κ3) is 5.97. The molecule has 5 rings (SSSR count). The molecule has 196 valence electrons. The maximum absolute atomic E-state index is 13.1. The maximum Gasteiger partial charge on any atom is 0.293 e. The standard InChI is InChI=1S/C29H22IN3O4S2/c1-18-15-21(16-27-28(34)31(29(35)39-27)17-20-3-5-22(30)6-4-20)19(2)32(18)23-7-11-25(12-8-23)38-26-13-9-24(10-14-26)33(36)37/h3-16H,17H2,1-2H3/b27-16-. The topological polar surface area (TPSA) is 85.5 Å². The van der Waals surface area contributed by atoms with Crippen LogP contribution in [0.5, 0.6) is 0 Å². The molecule has 1 saturated heterocycles. The van der Waals surface area contributed by atoms with Crippen molar-refractivity contribution in [2.45, 2.75) is 30.2 Å². The Bertz CT molecular complexity index is 1610. The number of halogens is 1. The van der Waals surface area contributed by atoms with E-state index in [0.29, 0.717) is 4.91 Å². The van der Waals surface area contributed by atoms with Gasteiger partial charge in [-0.1, -0.05) is 23.9 Å². The minimum atomic E-state index is -0.407. The molecule has 1 fully saturated rings. The lowest BCUT2D eigenvalue weighted by atomic mass is 10.2. The summed E-state index contributed by atoms with van der Waals surface area (Å²) in [6, 6.07) is 24.3. The molecule has 2 amide bonds. The summed E-state index contributed by atoms with van der Waals surface area (Å²) in [5.41, 5.74) is 4.81. The predicted octanol–water partition coefficient (Wildman–Crippen LogP) is 7.99. The van der Waals surface area contributed by atoms with Gasteiger partial charge in [0.2, 0.25) is 0 Å². The number of thioether (sulfide) groups is 1. The van der Waals surface area contributed by atoms with Crippen LogP contribution in [0, 0.1) is 27.5 Å². The number of hydrogen-bond donors (Lipinski definition) is 0. The predicted molar refractivity (Wildman–Crippen MR) is 163 cm³/mol. The molecule has 10 heteroatoms. The lowest BCUT2D eigenvalue weighted by Gasteiger charge is -2.12. The molecule has 1 aliphatic rings. The molecule has 7 nitrogen and oxygen atoms in total. The van der Waals surface area contributed by atoms with E-state index in [4.69, 9.17) is 0 Å². The molecular weight excluding hydrogens is 645 g/mol. The van der Waals surface area contributed by atoms with Crippen LogP contribution in [0.15, 0.2) is 93.6 Å². The number of nitro benzene ring substituents is 1. The Morgan fingerprint density at radius 2 is 1.56 bits per heavy atom. The number of aromatic nitrogens is 1. The quantitative estimate of drug-likeness (QED) is 0.0860. The highest BCUT2D eigenvalue weighted by Crippen LogP contribution is 2.35. The van der Waals surface area contributed by atoms with Gasteiger partial charge in [0.15, 0.2) is 0 Å². The van der Waals surface area contributed by atoms with Gasteiger partial charge in [0.25, 0.3) is 16.8 Å². The van der Waals surface area contributed by atoms with Gasteiger partial charge in [0.05, 0.1) is 16.4 Å². The zero-order valence-electron chi connectivity index (χ0n) is 21.0. The molecule has 0 aliphatic carbocycles. The van der Waals surface area contributed by atoms with E-state index in [0.717, 1.165) is 53.3 Å². The molecule has 39 heavy (non-hydrogen) atoms. The van der Waals surface area contributed by atoms with E-state index < -0.39 is 4.92 Å². The SMILES string of the molecule is Cc1cc(/C=C2\SC(=O)N(Cc3ccc(I)cc3)C2=O)c(C)n1-c1ccc(Sc2ccc([N+](=O)[O-])cc2)cc1. The molecule has 0 radical (unpaired) electrons. The number of carbonyl (C=O) groups excluding carboxylic acids is 2. The van der Waals surface area contributed by atoms with E-state index in [2.05, 4.69) is 27.2 Å². The number of hydrogen-bond acceptors (Lipinski definition) is 6. The van der Waals surface area contributed by atoms with Crippen molar-refractivity contribution in [2.75, 3.05) is 0 Å². The van der Waals surface area contributed by atoms with Crippen molar-refractivity contribution in [3.63, 3.8) is 0 Å². The Labute approximate surface area is 247 Å². The van der Waals surface area contributed by atoms with Gasteiger partial charge in [0.1, 0.15) is 0 Å². The maximum atomic E-state index is 13.1. The molecular formula is C29H22IN3O4S2. The molecule has 4 aromatic rings. The number of imide groups is 1. The summed E-state index contributed by atoms with van der Waals surface area (Å²) in [4.78, 5) is 39.8. The van der Waals surface area contributed by atoms with E-state index in [1.807, 2.05) is 68.4 Å². The van der Waals surface area contributed by atoms with Crippen molar-refractivity contribution in [3.05, 3.63) is 120 Å². The van der Waals surface area contributed by atoms with Gasteiger partial charge in [-0.2, -0.15) is 0 Å². The van der Waals surface area contributed by atoms with Crippen molar-refractivity contribution in [2.24, 2.45) is 0 Å². The summed E-state index contributed by atoms with van der Waals surface area (Å²) in [5.74, 6) is -0.277. The van der Waals surface area contributed by atoms with E-state index in [9.17, 15) is 19.7 Å². The van der Waals surface area contributed by atoms with Crippen molar-refractivity contribution >= 4 is 69.0 Å². The van der Waals surface area contributed by atoms with Crippen LogP contribution in [0.4, 0.5) is 10.5 Å². The van der Waals surface area contributed by atoms with E-state index in [-0.39, 0.29) is 23.4 Å². The molecule has 0 N–H and O–H groups in total. The molecule has 0 saturated carbocycles. The zero-order valence-corrected chi connectivity index (χ0v) is 24.7. The summed E-state index contributed by atoms with van der Waals surface area (Å²) < 4.78 is 3.21. The van der Waals surface area contributed by atoms with Gasteiger partial charge in [-0.15, -0.1) is 0 Å². The Morgan fingerprint density at radius 3 is 2.18 bits per heavy atom. The smallest absolute Gasteiger partial charge is 0.293 e. The minimum Gasteiger partial charge on any atom is -0.318 e. The molecule has 0 spiro atoms. The third-order valence-corrected chi connectivity index (χ3v) is 8.90. The Hall–Kier alpha value is -3.35. The molecule has 0 atom stereocenters. The van der Waals surface area contributed by atoms with E-state index in [1.54, 1.807) is 18.2 Å². The molecule has 1 aliphatic heterocycles. The lowest BCUT2D eigenvalue weighted by Crippen LogP contribution is -2.27. The molecule has 0 unspecified atom stereocenters. The number of carbonyl (C=O) groups is 2. The van der Waals surface area contributed by atoms with Crippen LogP contribution < -0.4 is 0 Å². The number of rotatable bonds is 7. The van der Waals surface area contributed by atoms with Crippen molar-refractivity contribution in [1.29, 1.82) is 0 Å². The number of benzene rings is 3. The first-order valence-corrected chi connectivity index (χ1v) is 14.6. The zero-order chi connectivity index (χ0) is 27.7. The normalized spacial score (nSPS) is 14.4. The second-order valence-corrected chi connectivity index (χ2v) is 12.3. The van der Waals surface area contributed by atoms with Gasteiger partial charge >= 0.3 is 0 Å². The van der Waals surface area contributed by atoms with Crippen LogP contribution in [0.1, 0.15) is 22.5 Å². The Balaban J connectivity index is 1.33. The average molecular weight is 668 g/mol. The van der Waals surface area contributed by atoms with Crippen molar-refractivity contribution < 1.29 is 14.5 Å². The summed E-state index contributed by atoms with van der Waals surface area (Å²) in [6.45, 7) is 4.25. The fourth-order valence-corrected chi connectivity index (χ4v) is 6.32. The van der Waals surface area contributed by atoms with Gasteiger partial charge < -0.3 is 4.57 Å². The van der Waals surface area contributed by atoms with Crippen LogP contribution >= 0.6 is 46.1 Å². The number of nitrogens with zero attached hydrogens (tertiary/aromatic N) is 3. The van der Waals surface area contributed by atoms with Crippen LogP contribution in [0.25, 0.3) is 11.8 Å². The highest BCUT2D eigenvalue weighted by atomic mass is 127. The van der Waals surface area contributed by atoms with Crippen molar-refractivity contribution in [3.8, 4) is 5.69 Å². The highest BCUT2D eigenvalue weighted by molar-refractivity contribution is 14.1. The number of amides is 2.